The summed E-state index contributed by atoms with van der Waals surface area (Å²) in [5, 5.41) is 19.1. The maximum Gasteiger partial charge on any atom is 0.255 e. The number of imide groups is 1. The zero-order chi connectivity index (χ0) is 19.0. The summed E-state index contributed by atoms with van der Waals surface area (Å²) in [6.07, 6.45) is 1.31. The molecule has 0 radical (unpaired) electrons. The van der Waals surface area contributed by atoms with Crippen molar-refractivity contribution in [2.75, 3.05) is 19.6 Å². The predicted octanol–water partition coefficient (Wildman–Crippen LogP) is -0.738. The third kappa shape index (κ3) is 3.47. The van der Waals surface area contributed by atoms with Crippen LogP contribution in [0.1, 0.15) is 40.7 Å². The van der Waals surface area contributed by atoms with Crippen molar-refractivity contribution >= 4 is 17.7 Å². The Labute approximate surface area is 157 Å². The van der Waals surface area contributed by atoms with Gasteiger partial charge in [0.2, 0.25) is 11.8 Å². The van der Waals surface area contributed by atoms with E-state index < -0.39 is 17.6 Å². The second-order valence-electron chi connectivity index (χ2n) is 7.61. The number of aliphatic hydroxyl groups is 1. The van der Waals surface area contributed by atoms with Gasteiger partial charge >= 0.3 is 0 Å². The average molecular weight is 372 g/mol. The van der Waals surface area contributed by atoms with Crippen LogP contribution in [0, 0.1) is 0 Å². The molecule has 0 bridgehead atoms. The maximum absolute atomic E-state index is 13.0. The van der Waals surface area contributed by atoms with Crippen LogP contribution >= 0.6 is 0 Å². The molecule has 4 N–H and O–H groups in total. The van der Waals surface area contributed by atoms with Gasteiger partial charge < -0.3 is 20.6 Å². The van der Waals surface area contributed by atoms with Crippen LogP contribution in [0.3, 0.4) is 0 Å². The van der Waals surface area contributed by atoms with Gasteiger partial charge in [0.25, 0.3) is 5.91 Å². The molecule has 0 spiro atoms. The normalized spacial score (nSPS) is 27.8. The van der Waals surface area contributed by atoms with Crippen molar-refractivity contribution in [3.63, 3.8) is 0 Å². The SMILES string of the molecule is O=C1CCC(N2Cc3cccc(CNCC4(O)CCNC4)c3C2=O)C(=O)N1. The lowest BCUT2D eigenvalue weighted by molar-refractivity contribution is -0.136. The standard InChI is InChI=1S/C19H24N4O4/c24-15-5-4-14(17(25)22-15)23-9-13-3-1-2-12(16(13)18(23)26)8-21-11-19(27)6-7-20-10-19/h1-3,14,20-21,27H,4-11H2,(H,22,24,25). The van der Waals surface area contributed by atoms with Gasteiger partial charge in [-0.1, -0.05) is 18.2 Å². The van der Waals surface area contributed by atoms with Gasteiger partial charge in [-0.2, -0.15) is 0 Å². The lowest BCUT2D eigenvalue weighted by atomic mass is 10.0. The summed E-state index contributed by atoms with van der Waals surface area (Å²) in [4.78, 5) is 38.1. The highest BCUT2D eigenvalue weighted by atomic mass is 16.3. The van der Waals surface area contributed by atoms with E-state index in [0.29, 0.717) is 44.6 Å². The molecule has 8 heteroatoms. The number of hydrogen-bond donors (Lipinski definition) is 4. The first-order valence-corrected chi connectivity index (χ1v) is 9.36. The molecule has 3 heterocycles. The number of β-amino-alcohol motifs (C(OH)–C–C–N with tert-alkyl or cyclic N) is 1. The zero-order valence-electron chi connectivity index (χ0n) is 15.1. The van der Waals surface area contributed by atoms with Crippen LogP contribution in [0.4, 0.5) is 0 Å². The van der Waals surface area contributed by atoms with Gasteiger partial charge in [0.05, 0.1) is 5.60 Å². The van der Waals surface area contributed by atoms with E-state index in [-0.39, 0.29) is 18.2 Å². The first kappa shape index (κ1) is 18.1. The van der Waals surface area contributed by atoms with Crippen LogP contribution in [-0.4, -0.2) is 59.0 Å². The highest BCUT2D eigenvalue weighted by molar-refractivity contribution is 6.05. The monoisotopic (exact) mass is 372 g/mol. The van der Waals surface area contributed by atoms with E-state index in [9.17, 15) is 19.5 Å². The summed E-state index contributed by atoms with van der Waals surface area (Å²) < 4.78 is 0. The molecular weight excluding hydrogens is 348 g/mol. The molecule has 0 aromatic heterocycles. The third-order valence-corrected chi connectivity index (χ3v) is 5.63. The Balaban J connectivity index is 1.46. The molecule has 2 unspecified atom stereocenters. The summed E-state index contributed by atoms with van der Waals surface area (Å²) >= 11 is 0. The van der Waals surface area contributed by atoms with Crippen molar-refractivity contribution in [2.45, 2.75) is 44.0 Å². The molecule has 1 aromatic carbocycles. The van der Waals surface area contributed by atoms with Gasteiger partial charge in [-0.3, -0.25) is 19.7 Å². The van der Waals surface area contributed by atoms with Crippen LogP contribution in [-0.2, 0) is 22.7 Å². The fourth-order valence-electron chi connectivity index (χ4n) is 4.15. The van der Waals surface area contributed by atoms with Crippen molar-refractivity contribution < 1.29 is 19.5 Å². The number of fused-ring (bicyclic) bond motifs is 1. The number of hydrogen-bond acceptors (Lipinski definition) is 6. The Morgan fingerprint density at radius 1 is 1.30 bits per heavy atom. The van der Waals surface area contributed by atoms with Crippen molar-refractivity contribution in [1.82, 2.24) is 20.9 Å². The van der Waals surface area contributed by atoms with E-state index in [1.165, 1.54) is 0 Å². The van der Waals surface area contributed by atoms with E-state index in [2.05, 4.69) is 16.0 Å². The Kier molecular flexibility index (Phi) is 4.71. The molecule has 8 nitrogen and oxygen atoms in total. The second-order valence-corrected chi connectivity index (χ2v) is 7.61. The summed E-state index contributed by atoms with van der Waals surface area (Å²) in [6, 6.07) is 5.10. The Bertz CT molecular complexity index is 788. The molecule has 0 aliphatic carbocycles. The average Bonchev–Trinajstić information content (AvgIpc) is 3.20. The van der Waals surface area contributed by atoms with Crippen LogP contribution in [0.5, 0.6) is 0 Å². The number of piperidine rings is 1. The number of nitrogens with zero attached hydrogens (tertiary/aromatic N) is 1. The minimum absolute atomic E-state index is 0.168. The number of nitrogens with one attached hydrogen (secondary N) is 3. The van der Waals surface area contributed by atoms with Gasteiger partial charge in [0.15, 0.2) is 0 Å². The van der Waals surface area contributed by atoms with Gasteiger partial charge in [0, 0.05) is 38.2 Å². The molecule has 144 valence electrons. The van der Waals surface area contributed by atoms with Crippen molar-refractivity contribution in [1.29, 1.82) is 0 Å². The van der Waals surface area contributed by atoms with Crippen LogP contribution < -0.4 is 16.0 Å². The molecule has 27 heavy (non-hydrogen) atoms. The van der Waals surface area contributed by atoms with Crippen molar-refractivity contribution in [3.05, 3.63) is 34.9 Å². The largest absolute Gasteiger partial charge is 0.387 e. The molecule has 3 aliphatic heterocycles. The summed E-state index contributed by atoms with van der Waals surface area (Å²) in [5.74, 6) is -0.856. The molecular formula is C19H24N4O4. The molecule has 4 rings (SSSR count). The Hall–Kier alpha value is -2.29. The summed E-state index contributed by atoms with van der Waals surface area (Å²) in [5.41, 5.74) is 1.64. The lowest BCUT2D eigenvalue weighted by Crippen LogP contribution is -2.52. The fraction of sp³-hybridized carbons (Fsp3) is 0.526. The van der Waals surface area contributed by atoms with E-state index in [1.54, 1.807) is 4.90 Å². The number of benzene rings is 1. The first-order chi connectivity index (χ1) is 13.0. The predicted molar refractivity (Wildman–Crippen MR) is 96.6 cm³/mol. The number of rotatable bonds is 5. The Morgan fingerprint density at radius 2 is 2.15 bits per heavy atom. The third-order valence-electron chi connectivity index (χ3n) is 5.63. The van der Waals surface area contributed by atoms with Crippen LogP contribution in [0.25, 0.3) is 0 Å². The maximum atomic E-state index is 13.0. The van der Waals surface area contributed by atoms with E-state index >= 15 is 0 Å². The molecule has 2 fully saturated rings. The van der Waals surface area contributed by atoms with Gasteiger partial charge in [-0.25, -0.2) is 0 Å². The van der Waals surface area contributed by atoms with Gasteiger partial charge in [0.1, 0.15) is 6.04 Å². The summed E-state index contributed by atoms with van der Waals surface area (Å²) in [7, 11) is 0. The van der Waals surface area contributed by atoms with E-state index in [0.717, 1.165) is 17.7 Å². The van der Waals surface area contributed by atoms with Crippen LogP contribution in [0.2, 0.25) is 0 Å². The quantitative estimate of drug-likeness (QED) is 0.507. The van der Waals surface area contributed by atoms with E-state index in [4.69, 9.17) is 0 Å². The Morgan fingerprint density at radius 3 is 2.89 bits per heavy atom. The van der Waals surface area contributed by atoms with Gasteiger partial charge in [-0.15, -0.1) is 0 Å². The molecule has 3 amide bonds. The highest BCUT2D eigenvalue weighted by Crippen LogP contribution is 2.29. The smallest absolute Gasteiger partial charge is 0.255 e. The second kappa shape index (κ2) is 7.03. The molecule has 0 saturated carbocycles. The molecule has 3 aliphatic rings. The molecule has 2 saturated heterocycles. The zero-order valence-corrected chi connectivity index (χ0v) is 15.1. The number of amides is 3. The topological polar surface area (TPSA) is 111 Å². The van der Waals surface area contributed by atoms with Crippen LogP contribution in [0.15, 0.2) is 18.2 Å². The number of carbonyl (C=O) groups excluding carboxylic acids is 3. The highest BCUT2D eigenvalue weighted by Gasteiger charge is 2.40. The van der Waals surface area contributed by atoms with E-state index in [1.807, 2.05) is 18.2 Å². The minimum Gasteiger partial charge on any atom is -0.387 e. The molecule has 1 aromatic rings. The van der Waals surface area contributed by atoms with Crippen molar-refractivity contribution in [2.24, 2.45) is 0 Å². The fourth-order valence-corrected chi connectivity index (χ4v) is 4.15. The molecule has 2 atom stereocenters. The number of carbonyl (C=O) groups is 3. The van der Waals surface area contributed by atoms with Crippen molar-refractivity contribution in [3.8, 4) is 0 Å². The van der Waals surface area contributed by atoms with Gasteiger partial charge in [-0.05, 0) is 30.5 Å². The minimum atomic E-state index is -0.749. The first-order valence-electron chi connectivity index (χ1n) is 9.36. The lowest BCUT2D eigenvalue weighted by Gasteiger charge is -2.29. The summed E-state index contributed by atoms with van der Waals surface area (Å²) in [6.45, 7) is 2.67.